The lowest BCUT2D eigenvalue weighted by atomic mass is 10.7. The fourth-order valence-electron chi connectivity index (χ4n) is 0.136. The zero-order chi connectivity index (χ0) is 6.41. The molecule has 0 spiro atoms. The maximum absolute atomic E-state index is 9.73. The molecule has 8 heavy (non-hydrogen) atoms. The van der Waals surface area contributed by atoms with E-state index < -0.39 is 5.97 Å². The van der Waals surface area contributed by atoms with Crippen LogP contribution in [-0.4, -0.2) is 11.1 Å². The van der Waals surface area contributed by atoms with Crippen molar-refractivity contribution < 1.29 is 9.90 Å². The van der Waals surface area contributed by atoms with Crippen LogP contribution in [0.5, 0.6) is 0 Å². The van der Waals surface area contributed by atoms with E-state index in [-0.39, 0.29) is 0 Å². The Bertz CT molecular complexity index is 131. The molecular weight excluding hydrogens is 144 g/mol. The van der Waals surface area contributed by atoms with Crippen molar-refractivity contribution in [2.75, 3.05) is 0 Å². The zero-order valence-electron chi connectivity index (χ0n) is 3.98. The van der Waals surface area contributed by atoms with Crippen LogP contribution in [-0.2, 0) is 4.79 Å². The summed E-state index contributed by atoms with van der Waals surface area (Å²) in [5, 5.41) is 8.00. The first-order valence-electron chi connectivity index (χ1n) is 1.77. The van der Waals surface area contributed by atoms with E-state index >= 15 is 0 Å². The van der Waals surface area contributed by atoms with Gasteiger partial charge in [-0.05, 0) is 15.2 Å². The maximum atomic E-state index is 9.73. The van der Waals surface area contributed by atoms with Crippen molar-refractivity contribution in [1.82, 2.24) is 0 Å². The fourth-order valence-corrected chi connectivity index (χ4v) is 0.638. The van der Waals surface area contributed by atoms with Gasteiger partial charge in [0.05, 0.1) is 0 Å². The van der Waals surface area contributed by atoms with Crippen molar-refractivity contribution in [3.63, 3.8) is 0 Å². The van der Waals surface area contributed by atoms with Crippen molar-refractivity contribution in [2.24, 2.45) is 4.52 Å². The van der Waals surface area contributed by atoms with E-state index in [1.54, 1.807) is 0 Å². The number of hydrogen-bond donors (Lipinski definition) is 1. The van der Waals surface area contributed by atoms with E-state index in [9.17, 15) is 4.79 Å². The van der Waals surface area contributed by atoms with E-state index in [4.69, 9.17) is 5.11 Å². The zero-order valence-corrected chi connectivity index (χ0v) is 6.03. The highest BCUT2D eigenvalue weighted by Crippen LogP contribution is 2.04. The van der Waals surface area contributed by atoms with Crippen LogP contribution in [0.3, 0.4) is 0 Å². The molecule has 0 aliphatic carbocycles. The number of carboxylic acids is 1. The molecule has 0 saturated carbocycles. The Labute approximate surface area is 50.9 Å². The van der Waals surface area contributed by atoms with Crippen LogP contribution in [0, 0.1) is 0 Å². The highest BCUT2D eigenvalue weighted by molar-refractivity contribution is 7.37. The second-order valence-electron chi connectivity index (χ2n) is 0.885. The maximum Gasteiger partial charge on any atom is 0.328 e. The second-order valence-corrected chi connectivity index (χ2v) is 2.34. The van der Waals surface area contributed by atoms with Crippen molar-refractivity contribution in [3.8, 4) is 0 Å². The normalized spacial score (nSPS) is 11.1. The van der Waals surface area contributed by atoms with Crippen molar-refractivity contribution >= 4 is 23.7 Å². The van der Waals surface area contributed by atoms with E-state index in [2.05, 4.69) is 13.9 Å². The number of aliphatic carboxylic acids is 1. The molecule has 3 nitrogen and oxygen atoms in total. The Morgan fingerprint density at radius 3 is 2.88 bits per heavy atom. The Balaban J connectivity index is 3.50. The van der Waals surface area contributed by atoms with E-state index in [1.807, 2.05) is 0 Å². The number of hydrogen-bond acceptors (Lipinski definition) is 2. The average molecular weight is 149 g/mol. The summed E-state index contributed by atoms with van der Waals surface area (Å²) in [7, 11) is 2.78. The van der Waals surface area contributed by atoms with Gasteiger partial charge in [-0.15, -0.1) is 0 Å². The molecule has 0 aliphatic rings. The minimum atomic E-state index is -0.939. The average Bonchev–Trinajstić information content (AvgIpc) is 1.66. The molecule has 1 atom stereocenters. The molecule has 44 valence electrons. The predicted molar refractivity (Wildman–Crippen MR) is 35.8 cm³/mol. The van der Waals surface area contributed by atoms with Crippen LogP contribution < -0.4 is 0 Å². The molecule has 0 heterocycles. The van der Waals surface area contributed by atoms with E-state index in [0.29, 0.717) is 8.37 Å². The van der Waals surface area contributed by atoms with E-state index in [1.165, 1.54) is 5.82 Å². The lowest BCUT2D eigenvalue weighted by Gasteiger charge is -1.70. The lowest BCUT2D eigenvalue weighted by molar-refractivity contribution is -0.131. The smallest absolute Gasteiger partial charge is 0.328 e. The number of carboxylic acid groups (broad SMARTS) is 1. The summed E-state index contributed by atoms with van der Waals surface area (Å²) >= 11 is 0. The van der Waals surface area contributed by atoms with Crippen LogP contribution in [0.4, 0.5) is 0 Å². The van der Waals surface area contributed by atoms with Gasteiger partial charge >= 0.3 is 5.97 Å². The molecule has 0 rings (SSSR count). The molecule has 0 radical (unpaired) electrons. The summed E-state index contributed by atoms with van der Waals surface area (Å²) in [4.78, 5) is 9.73. The first kappa shape index (κ1) is 7.74. The largest absolute Gasteiger partial charge is 0.478 e. The first-order chi connectivity index (χ1) is 3.77. The van der Waals surface area contributed by atoms with Crippen molar-refractivity contribution in [1.29, 1.82) is 0 Å². The van der Waals surface area contributed by atoms with Gasteiger partial charge in [-0.3, -0.25) is 0 Å². The molecular formula is C3H5NO2P2. The third-order valence-corrected chi connectivity index (χ3v) is 1.17. The summed E-state index contributed by atoms with van der Waals surface area (Å²) in [6, 6.07) is 0. The minimum Gasteiger partial charge on any atom is -0.478 e. The van der Waals surface area contributed by atoms with Gasteiger partial charge in [-0.2, -0.15) is 0 Å². The van der Waals surface area contributed by atoms with Crippen LogP contribution in [0.15, 0.2) is 16.4 Å². The van der Waals surface area contributed by atoms with Gasteiger partial charge in [-0.25, -0.2) is 9.31 Å². The van der Waals surface area contributed by atoms with E-state index in [0.717, 1.165) is 6.08 Å². The molecule has 0 aromatic carbocycles. The minimum absolute atomic E-state index is 0.649. The summed E-state index contributed by atoms with van der Waals surface area (Å²) in [6.07, 6.45) is 1.05. The van der Waals surface area contributed by atoms with Gasteiger partial charge < -0.3 is 5.11 Å². The fraction of sp³-hybridized carbons (Fsp3) is 0. The molecule has 0 aliphatic heterocycles. The third kappa shape index (κ3) is 5.74. The molecule has 0 aromatic heterocycles. The molecule has 0 fully saturated rings. The van der Waals surface area contributed by atoms with Gasteiger partial charge in [0.2, 0.25) is 0 Å². The van der Waals surface area contributed by atoms with Crippen molar-refractivity contribution in [2.45, 2.75) is 0 Å². The highest BCUT2D eigenvalue weighted by atomic mass is 31.1. The summed E-state index contributed by atoms with van der Waals surface area (Å²) in [5.41, 5.74) is 0. The molecule has 0 aromatic rings. The summed E-state index contributed by atoms with van der Waals surface area (Å²) in [5.74, 6) is 0.501. The SMILES string of the molecule is O=C(O)C=CP=NP. The third-order valence-electron chi connectivity index (χ3n) is 0.350. The Morgan fingerprint density at radius 1 is 1.88 bits per heavy atom. The van der Waals surface area contributed by atoms with Crippen LogP contribution in [0.2, 0.25) is 0 Å². The van der Waals surface area contributed by atoms with Crippen molar-refractivity contribution in [3.05, 3.63) is 11.9 Å². The molecule has 1 unspecified atom stereocenters. The topological polar surface area (TPSA) is 49.7 Å². The summed E-state index contributed by atoms with van der Waals surface area (Å²) in [6.45, 7) is 0. The Hall–Kier alpha value is -0.260. The molecule has 1 N–H and O–H groups in total. The molecule has 0 bridgehead atoms. The monoisotopic (exact) mass is 149 g/mol. The van der Waals surface area contributed by atoms with Gasteiger partial charge in [0.1, 0.15) is 0 Å². The predicted octanol–water partition coefficient (Wildman–Crippen LogP) is 1.50. The van der Waals surface area contributed by atoms with Crippen LogP contribution >= 0.6 is 17.8 Å². The van der Waals surface area contributed by atoms with Gasteiger partial charge in [0.25, 0.3) is 0 Å². The number of rotatable bonds is 2. The Kier molecular flexibility index (Phi) is 4.73. The number of carbonyl (C=O) groups is 1. The van der Waals surface area contributed by atoms with Crippen LogP contribution in [0.25, 0.3) is 0 Å². The van der Waals surface area contributed by atoms with Crippen LogP contribution in [0.1, 0.15) is 0 Å². The highest BCUT2D eigenvalue weighted by Gasteiger charge is 1.79. The summed E-state index contributed by atoms with van der Waals surface area (Å²) < 4.78 is 3.55. The second kappa shape index (κ2) is 4.89. The standard InChI is InChI=1S/C3H5NO2P2/c5-3(6)1-2-8-4-7/h1-2H,7H2,(H,5,6). The van der Waals surface area contributed by atoms with Gasteiger partial charge in [0, 0.05) is 14.4 Å². The quantitative estimate of drug-likeness (QED) is 0.477. The lowest BCUT2D eigenvalue weighted by Crippen LogP contribution is -1.83. The first-order valence-corrected chi connectivity index (χ1v) is 3.20. The number of nitrogens with zero attached hydrogens (tertiary/aromatic N) is 1. The Morgan fingerprint density at radius 2 is 2.50 bits per heavy atom. The van der Waals surface area contributed by atoms with Gasteiger partial charge in [-0.1, -0.05) is 0 Å². The van der Waals surface area contributed by atoms with Gasteiger partial charge in [0.15, 0.2) is 0 Å². The molecule has 0 amide bonds. The molecule has 0 saturated heterocycles. The molecule has 5 heteroatoms.